The van der Waals surface area contributed by atoms with E-state index in [1.165, 1.54) is 0 Å². The zero-order chi connectivity index (χ0) is 12.8. The van der Waals surface area contributed by atoms with Crippen LogP contribution in [0.1, 0.15) is 12.8 Å². The molecule has 0 radical (unpaired) electrons. The maximum atomic E-state index is 11.6. The highest BCUT2D eigenvalue weighted by molar-refractivity contribution is 9.10. The third-order valence-electron chi connectivity index (χ3n) is 2.72. The van der Waals surface area contributed by atoms with Crippen molar-refractivity contribution in [2.24, 2.45) is 0 Å². The van der Waals surface area contributed by atoms with Crippen molar-refractivity contribution in [3.05, 3.63) is 28.7 Å². The average molecular weight is 314 g/mol. The maximum Gasteiger partial charge on any atom is 0.258 e. The molecule has 1 atom stereocenters. The van der Waals surface area contributed by atoms with Gasteiger partial charge < -0.3 is 14.8 Å². The number of ether oxygens (including phenoxy) is 2. The molecule has 1 heterocycles. The molecule has 0 saturated carbocycles. The van der Waals surface area contributed by atoms with Gasteiger partial charge in [0, 0.05) is 17.6 Å². The van der Waals surface area contributed by atoms with E-state index in [0.717, 1.165) is 23.9 Å². The minimum Gasteiger partial charge on any atom is -0.484 e. The predicted molar refractivity (Wildman–Crippen MR) is 71.6 cm³/mol. The van der Waals surface area contributed by atoms with Gasteiger partial charge in [0.1, 0.15) is 5.75 Å². The molecular weight excluding hydrogens is 298 g/mol. The number of nitrogens with one attached hydrogen (secondary N) is 1. The van der Waals surface area contributed by atoms with E-state index in [4.69, 9.17) is 9.47 Å². The molecule has 4 nitrogen and oxygen atoms in total. The van der Waals surface area contributed by atoms with Crippen molar-refractivity contribution >= 4 is 21.8 Å². The van der Waals surface area contributed by atoms with Crippen LogP contribution in [-0.2, 0) is 9.53 Å². The monoisotopic (exact) mass is 313 g/mol. The van der Waals surface area contributed by atoms with Crippen LogP contribution in [-0.4, -0.2) is 31.8 Å². The Labute approximate surface area is 115 Å². The average Bonchev–Trinajstić information content (AvgIpc) is 2.87. The van der Waals surface area contributed by atoms with Crippen molar-refractivity contribution < 1.29 is 14.3 Å². The molecule has 98 valence electrons. The van der Waals surface area contributed by atoms with E-state index < -0.39 is 0 Å². The molecule has 1 unspecified atom stereocenters. The minimum absolute atomic E-state index is 0.0309. The fraction of sp³-hybridized carbons (Fsp3) is 0.462. The molecule has 2 rings (SSSR count). The van der Waals surface area contributed by atoms with Crippen molar-refractivity contribution in [2.45, 2.75) is 18.9 Å². The Balaban J connectivity index is 1.68. The quantitative estimate of drug-likeness (QED) is 0.906. The molecule has 0 aromatic heterocycles. The van der Waals surface area contributed by atoms with Crippen molar-refractivity contribution in [3.8, 4) is 5.75 Å². The van der Waals surface area contributed by atoms with Gasteiger partial charge in [0.25, 0.3) is 5.91 Å². The van der Waals surface area contributed by atoms with Crippen LogP contribution in [0, 0.1) is 0 Å². The first-order chi connectivity index (χ1) is 8.74. The summed E-state index contributed by atoms with van der Waals surface area (Å²) in [4.78, 5) is 11.6. The molecule has 0 bridgehead atoms. The third kappa shape index (κ3) is 4.31. The molecule has 1 saturated heterocycles. The summed E-state index contributed by atoms with van der Waals surface area (Å²) >= 11 is 3.35. The number of benzene rings is 1. The van der Waals surface area contributed by atoms with Crippen LogP contribution >= 0.6 is 15.9 Å². The highest BCUT2D eigenvalue weighted by Gasteiger charge is 2.16. The summed E-state index contributed by atoms with van der Waals surface area (Å²) in [6, 6.07) is 7.42. The topological polar surface area (TPSA) is 47.6 Å². The molecule has 5 heteroatoms. The molecule has 1 aliphatic heterocycles. The second-order valence-electron chi connectivity index (χ2n) is 4.19. The van der Waals surface area contributed by atoms with E-state index in [0.29, 0.717) is 12.3 Å². The predicted octanol–water partition coefficient (Wildman–Crippen LogP) is 2.12. The van der Waals surface area contributed by atoms with Gasteiger partial charge in [0.05, 0.1) is 6.10 Å². The summed E-state index contributed by atoms with van der Waals surface area (Å²) in [5.41, 5.74) is 0. The molecule has 0 spiro atoms. The smallest absolute Gasteiger partial charge is 0.258 e. The standard InChI is InChI=1S/C13H16BrNO3/c14-10-3-1-4-11(7-10)18-9-13(16)15-8-12-5-2-6-17-12/h1,3-4,7,12H,2,5-6,8-9H2,(H,15,16). The van der Waals surface area contributed by atoms with Gasteiger partial charge in [-0.1, -0.05) is 22.0 Å². The van der Waals surface area contributed by atoms with Crippen molar-refractivity contribution in [1.82, 2.24) is 5.32 Å². The lowest BCUT2D eigenvalue weighted by molar-refractivity contribution is -0.123. The van der Waals surface area contributed by atoms with Gasteiger partial charge in [-0.3, -0.25) is 4.79 Å². The Morgan fingerprint density at radius 1 is 1.56 bits per heavy atom. The first kappa shape index (κ1) is 13.4. The van der Waals surface area contributed by atoms with Crippen molar-refractivity contribution in [2.75, 3.05) is 19.8 Å². The maximum absolute atomic E-state index is 11.6. The van der Waals surface area contributed by atoms with Crippen LogP contribution in [0.3, 0.4) is 0 Å². The zero-order valence-corrected chi connectivity index (χ0v) is 11.6. The van der Waals surface area contributed by atoms with E-state index >= 15 is 0 Å². The van der Waals surface area contributed by atoms with Gasteiger partial charge in [-0.05, 0) is 31.0 Å². The molecule has 1 aliphatic rings. The normalized spacial score (nSPS) is 18.6. The van der Waals surface area contributed by atoms with E-state index in [-0.39, 0.29) is 18.6 Å². The third-order valence-corrected chi connectivity index (χ3v) is 3.21. The SMILES string of the molecule is O=C(COc1cccc(Br)c1)NCC1CCCO1. The molecule has 1 fully saturated rings. The summed E-state index contributed by atoms with van der Waals surface area (Å²) < 4.78 is 11.7. The Bertz CT molecular complexity index is 405. The first-order valence-corrected chi connectivity index (χ1v) is 6.80. The second kappa shape index (κ2) is 6.75. The van der Waals surface area contributed by atoms with E-state index in [2.05, 4.69) is 21.2 Å². The van der Waals surface area contributed by atoms with Gasteiger partial charge in [-0.15, -0.1) is 0 Å². The van der Waals surface area contributed by atoms with Gasteiger partial charge in [0.15, 0.2) is 6.61 Å². The summed E-state index contributed by atoms with van der Waals surface area (Å²) in [6.45, 7) is 1.40. The lowest BCUT2D eigenvalue weighted by atomic mass is 10.2. The number of carbonyl (C=O) groups is 1. The Kier molecular flexibility index (Phi) is 5.01. The van der Waals surface area contributed by atoms with Crippen LogP contribution in [0.5, 0.6) is 5.75 Å². The number of rotatable bonds is 5. The van der Waals surface area contributed by atoms with Crippen molar-refractivity contribution in [3.63, 3.8) is 0 Å². The number of carbonyl (C=O) groups excluding carboxylic acids is 1. The lowest BCUT2D eigenvalue weighted by Crippen LogP contribution is -2.35. The molecule has 1 aromatic rings. The van der Waals surface area contributed by atoms with Crippen LogP contribution in [0.25, 0.3) is 0 Å². The van der Waals surface area contributed by atoms with E-state index in [1.54, 1.807) is 0 Å². The fourth-order valence-electron chi connectivity index (χ4n) is 1.79. The molecule has 1 aromatic carbocycles. The van der Waals surface area contributed by atoms with Gasteiger partial charge in [-0.2, -0.15) is 0 Å². The van der Waals surface area contributed by atoms with Gasteiger partial charge in [0.2, 0.25) is 0 Å². The lowest BCUT2D eigenvalue weighted by Gasteiger charge is -2.11. The van der Waals surface area contributed by atoms with Crippen LogP contribution < -0.4 is 10.1 Å². The van der Waals surface area contributed by atoms with Crippen LogP contribution in [0.2, 0.25) is 0 Å². The Hall–Kier alpha value is -1.07. The molecular formula is C13H16BrNO3. The highest BCUT2D eigenvalue weighted by atomic mass is 79.9. The number of halogens is 1. The van der Waals surface area contributed by atoms with Crippen LogP contribution in [0.15, 0.2) is 28.7 Å². The Morgan fingerprint density at radius 2 is 2.44 bits per heavy atom. The fourth-order valence-corrected chi connectivity index (χ4v) is 2.17. The second-order valence-corrected chi connectivity index (χ2v) is 5.10. The molecule has 1 N–H and O–H groups in total. The van der Waals surface area contributed by atoms with Gasteiger partial charge >= 0.3 is 0 Å². The summed E-state index contributed by atoms with van der Waals surface area (Å²) in [5.74, 6) is 0.558. The summed E-state index contributed by atoms with van der Waals surface area (Å²) in [5, 5.41) is 2.81. The highest BCUT2D eigenvalue weighted by Crippen LogP contribution is 2.17. The number of hydrogen-bond acceptors (Lipinski definition) is 3. The number of hydrogen-bond donors (Lipinski definition) is 1. The van der Waals surface area contributed by atoms with Crippen molar-refractivity contribution in [1.29, 1.82) is 0 Å². The summed E-state index contributed by atoms with van der Waals surface area (Å²) in [6.07, 6.45) is 2.27. The van der Waals surface area contributed by atoms with Crippen LogP contribution in [0.4, 0.5) is 0 Å². The molecule has 1 amide bonds. The number of amides is 1. The van der Waals surface area contributed by atoms with E-state index in [1.807, 2.05) is 24.3 Å². The van der Waals surface area contributed by atoms with E-state index in [9.17, 15) is 4.79 Å². The largest absolute Gasteiger partial charge is 0.484 e. The molecule has 0 aliphatic carbocycles. The van der Waals surface area contributed by atoms with Gasteiger partial charge in [-0.25, -0.2) is 0 Å². The first-order valence-electron chi connectivity index (χ1n) is 6.01. The minimum atomic E-state index is -0.120. The summed E-state index contributed by atoms with van der Waals surface area (Å²) in [7, 11) is 0. The zero-order valence-electron chi connectivity index (χ0n) is 10.0. The molecule has 18 heavy (non-hydrogen) atoms. The Morgan fingerprint density at radius 3 is 3.17 bits per heavy atom.